The van der Waals surface area contributed by atoms with Crippen LogP contribution >= 0.6 is 0 Å². The molecule has 0 aliphatic heterocycles. The lowest BCUT2D eigenvalue weighted by Gasteiger charge is -2.26. The van der Waals surface area contributed by atoms with Crippen molar-refractivity contribution in [3.8, 4) is 0 Å². The minimum absolute atomic E-state index is 0.682. The average Bonchev–Trinajstić information content (AvgIpc) is 2.44. The van der Waals surface area contributed by atoms with Crippen molar-refractivity contribution in [1.29, 1.82) is 0 Å². The van der Waals surface area contributed by atoms with Crippen LogP contribution in [0.4, 0.5) is 11.4 Å². The molecular weight excluding hydrogens is 244 g/mol. The van der Waals surface area contributed by atoms with Gasteiger partial charge < -0.3 is 10.6 Å². The van der Waals surface area contributed by atoms with Gasteiger partial charge in [0.2, 0.25) is 0 Å². The summed E-state index contributed by atoms with van der Waals surface area (Å²) in [5.74, 6) is 0. The van der Waals surface area contributed by atoms with Crippen LogP contribution in [-0.4, -0.2) is 13.1 Å². The van der Waals surface area contributed by atoms with Crippen molar-refractivity contribution in [2.24, 2.45) is 5.73 Å². The van der Waals surface area contributed by atoms with Crippen LogP contribution in [0.5, 0.6) is 0 Å². The topological polar surface area (TPSA) is 29.3 Å². The highest BCUT2D eigenvalue weighted by atomic mass is 15.1. The summed E-state index contributed by atoms with van der Waals surface area (Å²) in [4.78, 5) is 2.35. The highest BCUT2D eigenvalue weighted by Gasteiger charge is 2.11. The van der Waals surface area contributed by atoms with E-state index < -0.39 is 0 Å². The van der Waals surface area contributed by atoms with E-state index in [0.29, 0.717) is 6.54 Å². The van der Waals surface area contributed by atoms with Gasteiger partial charge in [-0.25, -0.2) is 0 Å². The molecule has 0 radical (unpaired) electrons. The van der Waals surface area contributed by atoms with Crippen LogP contribution < -0.4 is 10.6 Å². The first kappa shape index (κ1) is 14.6. The molecule has 2 aromatic rings. The SMILES string of the molecule is CCN(c1ccc(C)cc1)c1ccc(C)cc1CCN. The molecule has 20 heavy (non-hydrogen) atoms. The number of nitrogens with two attached hydrogens (primary N) is 1. The van der Waals surface area contributed by atoms with Crippen molar-refractivity contribution in [1.82, 2.24) is 0 Å². The fraction of sp³-hybridized carbons (Fsp3) is 0.333. The summed E-state index contributed by atoms with van der Waals surface area (Å²) in [6.07, 6.45) is 0.916. The number of rotatable bonds is 5. The third-order valence-electron chi connectivity index (χ3n) is 3.60. The number of aryl methyl sites for hydroxylation is 2. The first-order chi connectivity index (χ1) is 9.65. The molecule has 0 spiro atoms. The number of hydrogen-bond acceptors (Lipinski definition) is 2. The lowest BCUT2D eigenvalue weighted by atomic mass is 10.0. The molecule has 0 saturated heterocycles. The highest BCUT2D eigenvalue weighted by Crippen LogP contribution is 2.29. The van der Waals surface area contributed by atoms with Crippen molar-refractivity contribution in [3.63, 3.8) is 0 Å². The van der Waals surface area contributed by atoms with Crippen LogP contribution in [-0.2, 0) is 6.42 Å². The molecule has 2 rings (SSSR count). The predicted molar refractivity (Wildman–Crippen MR) is 87.8 cm³/mol. The Morgan fingerprint density at radius 2 is 1.60 bits per heavy atom. The van der Waals surface area contributed by atoms with Gasteiger partial charge in [0.25, 0.3) is 0 Å². The van der Waals surface area contributed by atoms with Gasteiger partial charge in [-0.05, 0) is 57.5 Å². The average molecular weight is 268 g/mol. The lowest BCUT2D eigenvalue weighted by Crippen LogP contribution is -2.18. The summed E-state index contributed by atoms with van der Waals surface area (Å²) >= 11 is 0. The monoisotopic (exact) mass is 268 g/mol. The van der Waals surface area contributed by atoms with E-state index in [0.717, 1.165) is 13.0 Å². The summed E-state index contributed by atoms with van der Waals surface area (Å²) in [7, 11) is 0. The molecule has 0 fully saturated rings. The van der Waals surface area contributed by atoms with Crippen molar-refractivity contribution < 1.29 is 0 Å². The molecule has 106 valence electrons. The third-order valence-corrected chi connectivity index (χ3v) is 3.60. The summed E-state index contributed by atoms with van der Waals surface area (Å²) in [6.45, 7) is 8.06. The third kappa shape index (κ3) is 3.20. The van der Waals surface area contributed by atoms with Crippen LogP contribution in [0.1, 0.15) is 23.6 Å². The minimum atomic E-state index is 0.682. The van der Waals surface area contributed by atoms with E-state index in [9.17, 15) is 0 Å². The van der Waals surface area contributed by atoms with Crippen LogP contribution in [0.2, 0.25) is 0 Å². The molecule has 0 saturated carbocycles. The zero-order valence-electron chi connectivity index (χ0n) is 12.7. The van der Waals surface area contributed by atoms with Gasteiger partial charge in [0.15, 0.2) is 0 Å². The Balaban J connectivity index is 2.43. The fourth-order valence-corrected chi connectivity index (χ4v) is 2.55. The van der Waals surface area contributed by atoms with E-state index in [4.69, 9.17) is 5.73 Å². The van der Waals surface area contributed by atoms with Gasteiger partial charge in [-0.1, -0.05) is 35.4 Å². The van der Waals surface area contributed by atoms with Crippen LogP contribution in [0.25, 0.3) is 0 Å². The standard InChI is InChI=1S/C18H24N2/c1-4-20(17-8-5-14(2)6-9-17)18-10-7-15(3)13-16(18)11-12-19/h5-10,13H,4,11-12,19H2,1-3H3. The number of hydrogen-bond donors (Lipinski definition) is 1. The highest BCUT2D eigenvalue weighted by molar-refractivity contribution is 5.67. The summed E-state index contributed by atoms with van der Waals surface area (Å²) in [5, 5.41) is 0. The largest absolute Gasteiger partial charge is 0.342 e. The van der Waals surface area contributed by atoms with E-state index in [1.165, 1.54) is 28.1 Å². The van der Waals surface area contributed by atoms with Crippen molar-refractivity contribution in [2.75, 3.05) is 18.0 Å². The van der Waals surface area contributed by atoms with E-state index in [-0.39, 0.29) is 0 Å². The van der Waals surface area contributed by atoms with Gasteiger partial charge in [0.05, 0.1) is 0 Å². The van der Waals surface area contributed by atoms with E-state index in [1.54, 1.807) is 0 Å². The zero-order chi connectivity index (χ0) is 14.5. The number of benzene rings is 2. The quantitative estimate of drug-likeness (QED) is 0.889. The maximum absolute atomic E-state index is 5.76. The van der Waals surface area contributed by atoms with Crippen molar-refractivity contribution in [3.05, 3.63) is 59.2 Å². The second-order valence-corrected chi connectivity index (χ2v) is 5.25. The van der Waals surface area contributed by atoms with Gasteiger partial charge >= 0.3 is 0 Å². The molecule has 0 aliphatic carbocycles. The van der Waals surface area contributed by atoms with E-state index in [1.807, 2.05) is 0 Å². The van der Waals surface area contributed by atoms with Crippen molar-refractivity contribution >= 4 is 11.4 Å². The molecule has 0 heterocycles. The van der Waals surface area contributed by atoms with Gasteiger partial charge in [-0.3, -0.25) is 0 Å². The molecule has 0 aliphatic rings. The molecule has 0 amide bonds. The van der Waals surface area contributed by atoms with E-state index in [2.05, 4.69) is 68.1 Å². The summed E-state index contributed by atoms with van der Waals surface area (Å²) in [5.41, 5.74) is 12.2. The predicted octanol–water partition coefficient (Wildman–Crippen LogP) is 3.96. The van der Waals surface area contributed by atoms with Crippen LogP contribution in [0.15, 0.2) is 42.5 Å². The molecule has 0 bridgehead atoms. The Morgan fingerprint density at radius 3 is 2.20 bits per heavy atom. The van der Waals surface area contributed by atoms with Gasteiger partial charge in [-0.2, -0.15) is 0 Å². The van der Waals surface area contributed by atoms with E-state index >= 15 is 0 Å². The zero-order valence-corrected chi connectivity index (χ0v) is 12.7. The summed E-state index contributed by atoms with van der Waals surface area (Å²) in [6, 6.07) is 15.3. The Hall–Kier alpha value is -1.80. The minimum Gasteiger partial charge on any atom is -0.342 e. The molecule has 2 N–H and O–H groups in total. The normalized spacial score (nSPS) is 10.6. The molecule has 2 heteroatoms. The van der Waals surface area contributed by atoms with Crippen LogP contribution in [0, 0.1) is 13.8 Å². The second-order valence-electron chi connectivity index (χ2n) is 5.25. The molecule has 0 aromatic heterocycles. The Bertz CT molecular complexity index is 558. The Morgan fingerprint density at radius 1 is 0.950 bits per heavy atom. The summed E-state index contributed by atoms with van der Waals surface area (Å²) < 4.78 is 0. The first-order valence-electron chi connectivity index (χ1n) is 7.29. The first-order valence-corrected chi connectivity index (χ1v) is 7.29. The maximum atomic E-state index is 5.76. The number of anilines is 2. The molecule has 0 unspecified atom stereocenters. The van der Waals surface area contributed by atoms with Gasteiger partial charge in [0.1, 0.15) is 0 Å². The Kier molecular flexibility index (Phi) is 4.80. The lowest BCUT2D eigenvalue weighted by molar-refractivity contribution is 0.940. The van der Waals surface area contributed by atoms with Crippen LogP contribution in [0.3, 0.4) is 0 Å². The van der Waals surface area contributed by atoms with Gasteiger partial charge in [0, 0.05) is 17.9 Å². The van der Waals surface area contributed by atoms with Crippen molar-refractivity contribution in [2.45, 2.75) is 27.2 Å². The Labute approximate surface area is 122 Å². The molecule has 0 atom stereocenters. The molecular formula is C18H24N2. The molecule has 2 nitrogen and oxygen atoms in total. The fourth-order valence-electron chi connectivity index (χ4n) is 2.55. The molecule has 2 aromatic carbocycles. The maximum Gasteiger partial charge on any atom is 0.0443 e. The van der Waals surface area contributed by atoms with Gasteiger partial charge in [-0.15, -0.1) is 0 Å². The number of nitrogens with zero attached hydrogens (tertiary/aromatic N) is 1. The smallest absolute Gasteiger partial charge is 0.0443 e. The second kappa shape index (κ2) is 6.58.